The van der Waals surface area contributed by atoms with Gasteiger partial charge < -0.3 is 9.47 Å². The van der Waals surface area contributed by atoms with Gasteiger partial charge >= 0.3 is 6.09 Å². The molecule has 2 unspecified atom stereocenters. The highest BCUT2D eigenvalue weighted by Crippen LogP contribution is 2.34. The van der Waals surface area contributed by atoms with Gasteiger partial charge in [0.25, 0.3) is 0 Å². The Morgan fingerprint density at radius 1 is 1.38 bits per heavy atom. The molecule has 1 aromatic rings. The quantitative estimate of drug-likeness (QED) is 0.756. The molecule has 0 N–H and O–H groups in total. The maximum Gasteiger partial charge on any atom is 0.411 e. The summed E-state index contributed by atoms with van der Waals surface area (Å²) in [7, 11) is 0. The summed E-state index contributed by atoms with van der Waals surface area (Å²) in [5, 5.41) is 0.106. The van der Waals surface area contributed by atoms with Crippen LogP contribution in [-0.4, -0.2) is 41.9 Å². The summed E-state index contributed by atoms with van der Waals surface area (Å²) in [5.74, 6) is -0.439. The van der Waals surface area contributed by atoms with E-state index in [9.17, 15) is 9.18 Å². The number of carbonyl (C=O) groups excluding carboxylic acids is 1. The van der Waals surface area contributed by atoms with Gasteiger partial charge in [0, 0.05) is 0 Å². The fraction of sp³-hybridized carbons (Fsp3) is 0.500. The predicted molar refractivity (Wildman–Crippen MR) is 90.5 cm³/mol. The second-order valence-corrected chi connectivity index (χ2v) is 7.58. The largest absolute Gasteiger partial charge is 0.444 e. The van der Waals surface area contributed by atoms with Gasteiger partial charge in [-0.1, -0.05) is 23.7 Å². The average molecular weight is 354 g/mol. The van der Waals surface area contributed by atoms with Crippen molar-refractivity contribution in [1.29, 1.82) is 0 Å². The minimum atomic E-state index is -0.546. The number of amides is 1. The van der Waals surface area contributed by atoms with Crippen molar-refractivity contribution in [3.05, 3.63) is 40.7 Å². The molecule has 0 aromatic heterocycles. The molecular weight excluding hydrogens is 333 g/mol. The number of carbonyl (C=O) groups is 1. The molecule has 24 heavy (non-hydrogen) atoms. The van der Waals surface area contributed by atoms with Crippen LogP contribution in [0, 0.1) is 5.82 Å². The van der Waals surface area contributed by atoms with Gasteiger partial charge in [-0.2, -0.15) is 0 Å². The molecule has 0 spiro atoms. The first-order chi connectivity index (χ1) is 11.2. The van der Waals surface area contributed by atoms with Crippen LogP contribution in [0.1, 0.15) is 32.8 Å². The van der Waals surface area contributed by atoms with Gasteiger partial charge in [-0.15, -0.1) is 0 Å². The van der Waals surface area contributed by atoms with E-state index in [1.807, 2.05) is 26.8 Å². The van der Waals surface area contributed by atoms with Crippen LogP contribution >= 0.6 is 11.6 Å². The topological polar surface area (TPSA) is 38.8 Å². The maximum absolute atomic E-state index is 13.7. The van der Waals surface area contributed by atoms with Crippen LogP contribution in [0.25, 0.3) is 5.57 Å². The third kappa shape index (κ3) is 3.57. The summed E-state index contributed by atoms with van der Waals surface area (Å²) in [5.41, 5.74) is 1.25. The zero-order chi connectivity index (χ0) is 17.5. The number of fused-ring (bicyclic) bond motifs is 2. The summed E-state index contributed by atoms with van der Waals surface area (Å²) in [6, 6.07) is 4.48. The lowest BCUT2D eigenvalue weighted by Crippen LogP contribution is -2.57. The normalized spacial score (nSPS) is 23.7. The van der Waals surface area contributed by atoms with E-state index in [1.54, 1.807) is 17.0 Å². The summed E-state index contributed by atoms with van der Waals surface area (Å²) >= 11 is 5.76. The van der Waals surface area contributed by atoms with E-state index >= 15 is 0 Å². The Morgan fingerprint density at radius 2 is 2.12 bits per heavy atom. The van der Waals surface area contributed by atoms with E-state index in [2.05, 4.69) is 0 Å². The highest BCUT2D eigenvalue weighted by atomic mass is 35.5. The molecule has 2 bridgehead atoms. The Hall–Kier alpha value is -1.59. The minimum absolute atomic E-state index is 0.106. The van der Waals surface area contributed by atoms with Crippen molar-refractivity contribution in [2.24, 2.45) is 0 Å². The van der Waals surface area contributed by atoms with Crippen LogP contribution < -0.4 is 0 Å². The molecule has 6 heteroatoms. The van der Waals surface area contributed by atoms with E-state index in [4.69, 9.17) is 21.1 Å². The summed E-state index contributed by atoms with van der Waals surface area (Å²) in [6.07, 6.45) is 2.22. The number of rotatable bonds is 1. The molecule has 0 aliphatic carbocycles. The molecule has 1 fully saturated rings. The Kier molecular flexibility index (Phi) is 4.58. The van der Waals surface area contributed by atoms with Gasteiger partial charge in [0.1, 0.15) is 11.4 Å². The number of ether oxygens (including phenoxy) is 2. The highest BCUT2D eigenvalue weighted by molar-refractivity contribution is 6.30. The van der Waals surface area contributed by atoms with Crippen molar-refractivity contribution in [1.82, 2.24) is 4.90 Å². The molecule has 2 atom stereocenters. The van der Waals surface area contributed by atoms with Crippen molar-refractivity contribution in [2.75, 3.05) is 13.2 Å². The number of nitrogens with zero attached hydrogens (tertiary/aromatic N) is 1. The third-order valence-corrected chi connectivity index (χ3v) is 4.40. The molecule has 1 amide bonds. The average Bonchev–Trinajstić information content (AvgIpc) is 2.47. The maximum atomic E-state index is 13.7. The smallest absolute Gasteiger partial charge is 0.411 e. The molecule has 2 aliphatic heterocycles. The molecule has 1 aromatic carbocycles. The van der Waals surface area contributed by atoms with Crippen molar-refractivity contribution < 1.29 is 18.7 Å². The van der Waals surface area contributed by atoms with E-state index in [0.717, 1.165) is 11.1 Å². The first-order valence-electron chi connectivity index (χ1n) is 8.00. The van der Waals surface area contributed by atoms with Crippen LogP contribution in [0.3, 0.4) is 0 Å². The Balaban J connectivity index is 1.87. The van der Waals surface area contributed by atoms with Crippen LogP contribution in [-0.2, 0) is 9.47 Å². The summed E-state index contributed by atoms with van der Waals surface area (Å²) < 4.78 is 24.8. The van der Waals surface area contributed by atoms with Crippen molar-refractivity contribution >= 4 is 23.3 Å². The van der Waals surface area contributed by atoms with Crippen molar-refractivity contribution in [3.63, 3.8) is 0 Å². The second kappa shape index (κ2) is 6.37. The zero-order valence-electron chi connectivity index (χ0n) is 14.0. The number of hydrogen-bond donors (Lipinski definition) is 0. The zero-order valence-corrected chi connectivity index (χ0v) is 14.8. The highest BCUT2D eigenvalue weighted by Gasteiger charge is 2.40. The molecule has 130 valence electrons. The van der Waals surface area contributed by atoms with Crippen molar-refractivity contribution in [3.8, 4) is 0 Å². The Labute approximate surface area is 146 Å². The molecule has 0 saturated carbocycles. The number of morpholine rings is 1. The summed E-state index contributed by atoms with van der Waals surface area (Å²) in [6.45, 7) is 6.40. The SMILES string of the molecule is CC(C)(C)OC(=O)N1C2C=C(c3ccc(Cl)c(F)c3)CC1COC2. The fourth-order valence-corrected chi connectivity index (χ4v) is 3.22. The van der Waals surface area contributed by atoms with Gasteiger partial charge in [-0.3, -0.25) is 4.90 Å². The number of halogens is 2. The van der Waals surface area contributed by atoms with Gasteiger partial charge in [0.2, 0.25) is 0 Å². The van der Waals surface area contributed by atoms with Crippen LogP contribution in [0.15, 0.2) is 24.3 Å². The predicted octanol–water partition coefficient (Wildman–Crippen LogP) is 4.27. The molecule has 1 saturated heterocycles. The Morgan fingerprint density at radius 3 is 2.75 bits per heavy atom. The number of hydrogen-bond acceptors (Lipinski definition) is 3. The Bertz CT molecular complexity index is 683. The summed E-state index contributed by atoms with van der Waals surface area (Å²) in [4.78, 5) is 14.3. The molecule has 2 aliphatic rings. The lowest BCUT2D eigenvalue weighted by atomic mass is 9.90. The molecule has 3 rings (SSSR count). The standard InChI is InChI=1S/C18H21ClFNO3/c1-18(2,3)24-17(22)21-13-6-12(7-14(21)10-23-9-13)11-4-5-15(19)16(20)8-11/h4-6,8,13-14H,7,9-10H2,1-3H3. The first kappa shape index (κ1) is 17.2. The molecule has 4 nitrogen and oxygen atoms in total. The van der Waals surface area contributed by atoms with E-state index in [1.165, 1.54) is 6.07 Å². The molecule has 2 heterocycles. The van der Waals surface area contributed by atoms with E-state index in [-0.39, 0.29) is 23.2 Å². The lowest BCUT2D eigenvalue weighted by Gasteiger charge is -2.44. The third-order valence-electron chi connectivity index (χ3n) is 4.09. The lowest BCUT2D eigenvalue weighted by molar-refractivity contribution is -0.0510. The van der Waals surface area contributed by atoms with Crippen molar-refractivity contribution in [2.45, 2.75) is 44.9 Å². The van der Waals surface area contributed by atoms with Gasteiger partial charge in [0.15, 0.2) is 0 Å². The molecular formula is C18H21ClFNO3. The monoisotopic (exact) mass is 353 g/mol. The van der Waals surface area contributed by atoms with Crippen LogP contribution in [0.2, 0.25) is 5.02 Å². The van der Waals surface area contributed by atoms with Gasteiger partial charge in [-0.25, -0.2) is 9.18 Å². The number of benzene rings is 1. The van der Waals surface area contributed by atoms with Crippen LogP contribution in [0.5, 0.6) is 0 Å². The molecule has 0 radical (unpaired) electrons. The van der Waals surface area contributed by atoms with Gasteiger partial charge in [0.05, 0.1) is 30.3 Å². The minimum Gasteiger partial charge on any atom is -0.444 e. The van der Waals surface area contributed by atoms with E-state index in [0.29, 0.717) is 19.6 Å². The van der Waals surface area contributed by atoms with E-state index < -0.39 is 11.4 Å². The second-order valence-electron chi connectivity index (χ2n) is 7.17. The van der Waals surface area contributed by atoms with Gasteiger partial charge in [-0.05, 0) is 50.5 Å². The first-order valence-corrected chi connectivity index (χ1v) is 8.37. The van der Waals surface area contributed by atoms with Crippen LogP contribution in [0.4, 0.5) is 9.18 Å². The fourth-order valence-electron chi connectivity index (χ4n) is 3.11.